The topological polar surface area (TPSA) is 66.8 Å². The molecule has 0 aliphatic rings. The molecule has 17 heavy (non-hydrogen) atoms. The molecule has 0 atom stereocenters. The van der Waals surface area contributed by atoms with Gasteiger partial charge in [-0.15, -0.1) is 0 Å². The third-order valence-corrected chi connectivity index (χ3v) is 1.79. The first-order valence-corrected chi connectivity index (χ1v) is 5.52. The zero-order chi connectivity index (χ0) is 13.6. The van der Waals surface area contributed by atoms with Gasteiger partial charge in [-0.1, -0.05) is 13.5 Å². The van der Waals surface area contributed by atoms with E-state index in [0.717, 1.165) is 4.90 Å². The maximum absolute atomic E-state index is 11.7. The highest BCUT2D eigenvalue weighted by Crippen LogP contribution is 2.10. The second-order valence-electron chi connectivity index (χ2n) is 4.79. The van der Waals surface area contributed by atoms with Gasteiger partial charge >= 0.3 is 6.09 Å². The van der Waals surface area contributed by atoms with Crippen molar-refractivity contribution in [3.63, 3.8) is 0 Å². The van der Waals surface area contributed by atoms with E-state index in [-0.39, 0.29) is 24.6 Å². The number of aliphatic hydroxyl groups excluding tert-OH is 1. The van der Waals surface area contributed by atoms with Gasteiger partial charge in [-0.05, 0) is 20.8 Å². The van der Waals surface area contributed by atoms with E-state index in [9.17, 15) is 9.59 Å². The van der Waals surface area contributed by atoms with Gasteiger partial charge < -0.3 is 9.84 Å². The Morgan fingerprint density at radius 1 is 1.29 bits per heavy atom. The maximum atomic E-state index is 11.7. The fraction of sp³-hybridized carbons (Fsp3) is 0.667. The number of ketones is 1. The summed E-state index contributed by atoms with van der Waals surface area (Å²) in [7, 11) is 0. The third kappa shape index (κ3) is 7.38. The van der Waals surface area contributed by atoms with Gasteiger partial charge in [0.15, 0.2) is 5.78 Å². The summed E-state index contributed by atoms with van der Waals surface area (Å²) >= 11 is 0. The van der Waals surface area contributed by atoms with E-state index in [2.05, 4.69) is 6.58 Å². The van der Waals surface area contributed by atoms with Gasteiger partial charge in [0.25, 0.3) is 0 Å². The van der Waals surface area contributed by atoms with Crippen LogP contribution < -0.4 is 0 Å². The molecular formula is C12H21NO4. The summed E-state index contributed by atoms with van der Waals surface area (Å²) in [4.78, 5) is 24.2. The molecule has 0 radical (unpaired) electrons. The number of aliphatic hydroxyl groups is 1. The number of rotatable bonds is 5. The SMILES string of the molecule is C=C(O)CN(CC(=O)CC)C(=O)OC(C)(C)C. The van der Waals surface area contributed by atoms with Gasteiger partial charge in [0.1, 0.15) is 11.4 Å². The van der Waals surface area contributed by atoms with Gasteiger partial charge in [-0.25, -0.2) is 4.79 Å². The Balaban J connectivity index is 4.61. The molecular weight excluding hydrogens is 222 g/mol. The lowest BCUT2D eigenvalue weighted by atomic mass is 10.2. The first kappa shape index (κ1) is 15.5. The van der Waals surface area contributed by atoms with Crippen molar-refractivity contribution in [3.05, 3.63) is 12.3 Å². The average molecular weight is 243 g/mol. The summed E-state index contributed by atoms with van der Waals surface area (Å²) in [6.45, 7) is 10.0. The summed E-state index contributed by atoms with van der Waals surface area (Å²) in [6.07, 6.45) is -0.300. The minimum absolute atomic E-state index is 0.0784. The maximum Gasteiger partial charge on any atom is 0.411 e. The summed E-state index contributed by atoms with van der Waals surface area (Å²) in [5, 5.41) is 9.10. The molecule has 0 saturated carbocycles. The molecule has 0 unspecified atom stereocenters. The molecule has 0 aliphatic carbocycles. The smallest absolute Gasteiger partial charge is 0.411 e. The highest BCUT2D eigenvalue weighted by Gasteiger charge is 2.23. The molecule has 0 aromatic heterocycles. The van der Waals surface area contributed by atoms with Crippen molar-refractivity contribution in [1.29, 1.82) is 0 Å². The lowest BCUT2D eigenvalue weighted by Gasteiger charge is -2.26. The Morgan fingerprint density at radius 2 is 1.82 bits per heavy atom. The van der Waals surface area contributed by atoms with Crippen LogP contribution in [0.4, 0.5) is 4.79 Å². The van der Waals surface area contributed by atoms with Crippen LogP contribution in [0.2, 0.25) is 0 Å². The van der Waals surface area contributed by atoms with Crippen LogP contribution in [-0.2, 0) is 9.53 Å². The largest absolute Gasteiger partial charge is 0.511 e. The van der Waals surface area contributed by atoms with Crippen LogP contribution in [0.3, 0.4) is 0 Å². The number of amides is 1. The van der Waals surface area contributed by atoms with Crippen molar-refractivity contribution >= 4 is 11.9 Å². The predicted octanol–water partition coefficient (Wildman–Crippen LogP) is 2.27. The predicted molar refractivity (Wildman–Crippen MR) is 64.9 cm³/mol. The van der Waals surface area contributed by atoms with E-state index in [1.807, 2.05) is 0 Å². The average Bonchev–Trinajstić information content (AvgIpc) is 2.13. The minimum atomic E-state index is -0.638. The van der Waals surface area contributed by atoms with Gasteiger partial charge in [0, 0.05) is 6.42 Å². The number of carbonyl (C=O) groups excluding carboxylic acids is 2. The van der Waals surface area contributed by atoms with Crippen LogP contribution in [0.15, 0.2) is 12.3 Å². The minimum Gasteiger partial charge on any atom is -0.511 e. The molecule has 1 amide bonds. The number of Topliss-reactive ketones (excluding diaryl/α,β-unsaturated/α-hetero) is 1. The quantitative estimate of drug-likeness (QED) is 0.752. The lowest BCUT2D eigenvalue weighted by molar-refractivity contribution is -0.119. The molecule has 0 heterocycles. The highest BCUT2D eigenvalue weighted by atomic mass is 16.6. The summed E-state index contributed by atoms with van der Waals surface area (Å²) in [6, 6.07) is 0. The Labute approximate surface area is 102 Å². The molecule has 0 aromatic carbocycles. The van der Waals surface area contributed by atoms with Gasteiger partial charge in [-0.2, -0.15) is 0 Å². The monoisotopic (exact) mass is 243 g/mol. The highest BCUT2D eigenvalue weighted by molar-refractivity contribution is 5.83. The summed E-state index contributed by atoms with van der Waals surface area (Å²) in [5.74, 6) is -0.281. The normalized spacial score (nSPS) is 10.8. The van der Waals surface area contributed by atoms with Crippen LogP contribution >= 0.6 is 0 Å². The molecule has 0 saturated heterocycles. The number of hydrogen-bond acceptors (Lipinski definition) is 4. The molecule has 0 rings (SSSR count). The van der Waals surface area contributed by atoms with Crippen molar-refractivity contribution in [2.45, 2.75) is 39.7 Å². The molecule has 0 fully saturated rings. The van der Waals surface area contributed by atoms with Crippen LogP contribution in [0.1, 0.15) is 34.1 Å². The van der Waals surface area contributed by atoms with E-state index in [1.165, 1.54) is 0 Å². The Kier molecular flexibility index (Phi) is 5.71. The first-order valence-electron chi connectivity index (χ1n) is 5.52. The molecule has 0 spiro atoms. The van der Waals surface area contributed by atoms with Crippen molar-refractivity contribution < 1.29 is 19.4 Å². The lowest BCUT2D eigenvalue weighted by Crippen LogP contribution is -2.40. The van der Waals surface area contributed by atoms with Crippen molar-refractivity contribution in [1.82, 2.24) is 4.90 Å². The van der Waals surface area contributed by atoms with Gasteiger partial charge in [-0.3, -0.25) is 9.69 Å². The Morgan fingerprint density at radius 3 is 2.18 bits per heavy atom. The molecule has 98 valence electrons. The van der Waals surface area contributed by atoms with Crippen molar-refractivity contribution in [2.24, 2.45) is 0 Å². The number of nitrogens with zero attached hydrogens (tertiary/aromatic N) is 1. The number of carbonyl (C=O) groups is 2. The van der Waals surface area contributed by atoms with E-state index in [0.29, 0.717) is 6.42 Å². The van der Waals surface area contributed by atoms with Crippen LogP contribution in [0.25, 0.3) is 0 Å². The molecule has 5 nitrogen and oxygen atoms in total. The van der Waals surface area contributed by atoms with Gasteiger partial charge in [0.05, 0.1) is 13.1 Å². The van der Waals surface area contributed by atoms with E-state index in [1.54, 1.807) is 27.7 Å². The number of hydrogen-bond donors (Lipinski definition) is 1. The zero-order valence-electron chi connectivity index (χ0n) is 10.9. The first-order chi connectivity index (χ1) is 7.65. The fourth-order valence-electron chi connectivity index (χ4n) is 1.06. The van der Waals surface area contributed by atoms with Gasteiger partial charge in [0.2, 0.25) is 0 Å². The second-order valence-corrected chi connectivity index (χ2v) is 4.79. The fourth-order valence-corrected chi connectivity index (χ4v) is 1.06. The van der Waals surface area contributed by atoms with Crippen LogP contribution in [0.5, 0.6) is 0 Å². The van der Waals surface area contributed by atoms with Crippen molar-refractivity contribution in [3.8, 4) is 0 Å². The summed E-state index contributed by atoms with van der Waals surface area (Å²) < 4.78 is 5.13. The van der Waals surface area contributed by atoms with E-state index in [4.69, 9.17) is 9.84 Å². The summed E-state index contributed by atoms with van der Waals surface area (Å²) in [5.41, 5.74) is -0.638. The second kappa shape index (κ2) is 6.27. The molecule has 0 aromatic rings. The van der Waals surface area contributed by atoms with Crippen LogP contribution in [0, 0.1) is 0 Å². The van der Waals surface area contributed by atoms with E-state index < -0.39 is 11.7 Å². The Hall–Kier alpha value is -1.52. The van der Waals surface area contributed by atoms with Crippen LogP contribution in [-0.4, -0.2) is 40.6 Å². The standard InChI is InChI=1S/C12H21NO4/c1-6-10(15)8-13(7-9(2)14)11(16)17-12(3,4)5/h14H,2,6-8H2,1,3-5H3. The Bertz CT molecular complexity index is 304. The molecule has 1 N–H and O–H groups in total. The molecule has 5 heteroatoms. The zero-order valence-corrected chi connectivity index (χ0v) is 10.9. The molecule has 0 bridgehead atoms. The number of ether oxygens (including phenoxy) is 1. The third-order valence-electron chi connectivity index (χ3n) is 1.79. The molecule has 0 aliphatic heterocycles. The van der Waals surface area contributed by atoms with Crippen molar-refractivity contribution in [2.75, 3.05) is 13.1 Å². The van der Waals surface area contributed by atoms with E-state index >= 15 is 0 Å².